The van der Waals surface area contributed by atoms with E-state index in [-0.39, 0.29) is 0 Å². The van der Waals surface area contributed by atoms with Gasteiger partial charge >= 0.3 is 5.37 Å². The summed E-state index contributed by atoms with van der Waals surface area (Å²) in [7, 11) is 1.64. The quantitative estimate of drug-likeness (QED) is 0.670. The Morgan fingerprint density at radius 1 is 1.24 bits per heavy atom. The standard InChI is InChI=1S/C13H12ClNO2/c1-17-12-5-4-10-6-9(8-15-13(14)16)2-3-11(10)7-12/h2-7H,8H2,1H3,(H,15,16). The lowest BCUT2D eigenvalue weighted by Crippen LogP contribution is -2.15. The van der Waals surface area contributed by atoms with Crippen LogP contribution in [0.3, 0.4) is 0 Å². The van der Waals surface area contributed by atoms with E-state index in [2.05, 4.69) is 5.32 Å². The van der Waals surface area contributed by atoms with Crippen molar-refractivity contribution in [3.63, 3.8) is 0 Å². The summed E-state index contributed by atoms with van der Waals surface area (Å²) < 4.78 is 5.16. The average Bonchev–Trinajstić information content (AvgIpc) is 2.35. The van der Waals surface area contributed by atoms with Crippen molar-refractivity contribution in [1.29, 1.82) is 0 Å². The van der Waals surface area contributed by atoms with E-state index in [0.717, 1.165) is 22.1 Å². The number of benzene rings is 2. The number of amides is 1. The van der Waals surface area contributed by atoms with E-state index in [0.29, 0.717) is 6.54 Å². The highest BCUT2D eigenvalue weighted by Gasteiger charge is 2.00. The molecule has 0 bridgehead atoms. The molecule has 0 heterocycles. The number of nitrogens with one attached hydrogen (secondary N) is 1. The lowest BCUT2D eigenvalue weighted by molar-refractivity contribution is 0.259. The van der Waals surface area contributed by atoms with E-state index in [1.165, 1.54) is 0 Å². The summed E-state index contributed by atoms with van der Waals surface area (Å²) in [5, 5.41) is 4.21. The SMILES string of the molecule is COc1ccc2cc(CNC(=O)Cl)ccc2c1. The summed E-state index contributed by atoms with van der Waals surface area (Å²) in [6, 6.07) is 11.8. The molecule has 0 radical (unpaired) electrons. The largest absolute Gasteiger partial charge is 0.497 e. The van der Waals surface area contributed by atoms with Crippen molar-refractivity contribution in [3.05, 3.63) is 42.0 Å². The molecular weight excluding hydrogens is 238 g/mol. The van der Waals surface area contributed by atoms with Crippen LogP contribution in [0.15, 0.2) is 36.4 Å². The van der Waals surface area contributed by atoms with Crippen LogP contribution < -0.4 is 10.1 Å². The first-order chi connectivity index (χ1) is 8.19. The molecule has 0 aliphatic rings. The van der Waals surface area contributed by atoms with Crippen LogP contribution in [0.2, 0.25) is 0 Å². The Hall–Kier alpha value is -1.74. The van der Waals surface area contributed by atoms with Gasteiger partial charge in [0.05, 0.1) is 7.11 Å². The number of hydrogen-bond acceptors (Lipinski definition) is 2. The summed E-state index contributed by atoms with van der Waals surface area (Å²) in [4.78, 5) is 10.6. The molecule has 0 spiro atoms. The number of halogens is 1. The molecule has 0 saturated carbocycles. The number of methoxy groups -OCH3 is 1. The number of carbonyl (C=O) groups excluding carboxylic acids is 1. The third-order valence-corrected chi connectivity index (χ3v) is 2.68. The number of carbonyl (C=O) groups is 1. The van der Waals surface area contributed by atoms with E-state index in [4.69, 9.17) is 16.3 Å². The first-order valence-corrected chi connectivity index (χ1v) is 5.57. The smallest absolute Gasteiger partial charge is 0.314 e. The van der Waals surface area contributed by atoms with Gasteiger partial charge in [0.2, 0.25) is 0 Å². The Kier molecular flexibility index (Phi) is 3.49. The summed E-state index contributed by atoms with van der Waals surface area (Å²) in [5.41, 5.74) is 1.01. The molecular formula is C13H12ClNO2. The van der Waals surface area contributed by atoms with Crippen LogP contribution in [0.25, 0.3) is 10.8 Å². The molecule has 0 unspecified atom stereocenters. The Morgan fingerprint density at radius 3 is 2.65 bits per heavy atom. The first-order valence-electron chi connectivity index (χ1n) is 5.19. The lowest BCUT2D eigenvalue weighted by Gasteiger charge is -2.05. The van der Waals surface area contributed by atoms with Gasteiger partial charge in [-0.15, -0.1) is 0 Å². The van der Waals surface area contributed by atoms with Gasteiger partial charge in [0.25, 0.3) is 0 Å². The zero-order valence-corrected chi connectivity index (χ0v) is 10.1. The van der Waals surface area contributed by atoms with Crippen LogP contribution in [0.1, 0.15) is 5.56 Å². The van der Waals surface area contributed by atoms with Gasteiger partial charge in [-0.05, 0) is 46.1 Å². The molecule has 0 saturated heterocycles. The fourth-order valence-electron chi connectivity index (χ4n) is 1.68. The van der Waals surface area contributed by atoms with Gasteiger partial charge < -0.3 is 10.1 Å². The van der Waals surface area contributed by atoms with Gasteiger partial charge in [0.15, 0.2) is 0 Å². The van der Waals surface area contributed by atoms with Gasteiger partial charge in [-0.2, -0.15) is 0 Å². The van der Waals surface area contributed by atoms with Crippen LogP contribution in [-0.2, 0) is 6.54 Å². The van der Waals surface area contributed by atoms with Crippen molar-refractivity contribution >= 4 is 27.7 Å². The second kappa shape index (κ2) is 5.06. The molecule has 2 rings (SSSR count). The third kappa shape index (κ3) is 2.88. The molecule has 0 aliphatic carbocycles. The molecule has 0 aromatic heterocycles. The van der Waals surface area contributed by atoms with E-state index in [1.54, 1.807) is 7.11 Å². The predicted octanol–water partition coefficient (Wildman–Crippen LogP) is 3.30. The second-order valence-corrected chi connectivity index (χ2v) is 4.02. The van der Waals surface area contributed by atoms with Crippen molar-refractivity contribution in [2.24, 2.45) is 0 Å². The molecule has 88 valence electrons. The minimum Gasteiger partial charge on any atom is -0.497 e. The van der Waals surface area contributed by atoms with Crippen molar-refractivity contribution in [3.8, 4) is 5.75 Å². The zero-order valence-electron chi connectivity index (χ0n) is 9.37. The summed E-state index contributed by atoms with van der Waals surface area (Å²) in [6.07, 6.45) is 0. The minimum atomic E-state index is -0.542. The van der Waals surface area contributed by atoms with E-state index in [1.807, 2.05) is 36.4 Å². The Morgan fingerprint density at radius 2 is 1.94 bits per heavy atom. The van der Waals surface area contributed by atoms with Gasteiger partial charge in [0, 0.05) is 6.54 Å². The fraction of sp³-hybridized carbons (Fsp3) is 0.154. The number of hydrogen-bond donors (Lipinski definition) is 1. The van der Waals surface area contributed by atoms with Crippen LogP contribution in [-0.4, -0.2) is 12.5 Å². The highest BCUT2D eigenvalue weighted by molar-refractivity contribution is 6.62. The first kappa shape index (κ1) is 11.7. The summed E-state index contributed by atoms with van der Waals surface area (Å²) in [5.74, 6) is 0.833. The lowest BCUT2D eigenvalue weighted by atomic mass is 10.1. The van der Waals surface area contributed by atoms with Gasteiger partial charge in [0.1, 0.15) is 5.75 Å². The van der Waals surface area contributed by atoms with E-state index < -0.39 is 5.37 Å². The molecule has 0 atom stereocenters. The van der Waals surface area contributed by atoms with Crippen molar-refractivity contribution in [1.82, 2.24) is 5.32 Å². The second-order valence-electron chi connectivity index (χ2n) is 3.67. The maximum absolute atomic E-state index is 10.6. The van der Waals surface area contributed by atoms with Crippen LogP contribution in [0.5, 0.6) is 5.75 Å². The number of rotatable bonds is 3. The van der Waals surface area contributed by atoms with E-state index >= 15 is 0 Å². The minimum absolute atomic E-state index is 0.435. The Bertz CT molecular complexity index is 554. The monoisotopic (exact) mass is 249 g/mol. The van der Waals surface area contributed by atoms with Crippen molar-refractivity contribution in [2.45, 2.75) is 6.54 Å². The highest BCUT2D eigenvalue weighted by Crippen LogP contribution is 2.21. The van der Waals surface area contributed by atoms with Gasteiger partial charge in [-0.25, -0.2) is 0 Å². The molecule has 1 amide bonds. The molecule has 3 nitrogen and oxygen atoms in total. The molecule has 0 aliphatic heterocycles. The van der Waals surface area contributed by atoms with Crippen molar-refractivity contribution < 1.29 is 9.53 Å². The topological polar surface area (TPSA) is 38.3 Å². The predicted molar refractivity (Wildman–Crippen MR) is 68.6 cm³/mol. The maximum atomic E-state index is 10.6. The molecule has 17 heavy (non-hydrogen) atoms. The highest BCUT2D eigenvalue weighted by atomic mass is 35.5. The molecule has 1 N–H and O–H groups in total. The van der Waals surface area contributed by atoms with Gasteiger partial charge in [-0.1, -0.05) is 18.2 Å². The number of fused-ring (bicyclic) bond motifs is 1. The van der Waals surface area contributed by atoms with Crippen LogP contribution >= 0.6 is 11.6 Å². The van der Waals surface area contributed by atoms with E-state index in [9.17, 15) is 4.79 Å². The molecule has 2 aromatic rings. The van der Waals surface area contributed by atoms with Crippen LogP contribution in [0.4, 0.5) is 4.79 Å². The fourth-order valence-corrected chi connectivity index (χ4v) is 1.75. The van der Waals surface area contributed by atoms with Gasteiger partial charge in [-0.3, -0.25) is 4.79 Å². The zero-order chi connectivity index (χ0) is 12.3. The number of ether oxygens (including phenoxy) is 1. The normalized spacial score (nSPS) is 10.2. The Labute approximate surface area is 104 Å². The maximum Gasteiger partial charge on any atom is 0.314 e. The third-order valence-electron chi connectivity index (χ3n) is 2.54. The molecule has 0 fully saturated rings. The molecule has 4 heteroatoms. The van der Waals surface area contributed by atoms with Crippen LogP contribution in [0, 0.1) is 0 Å². The summed E-state index contributed by atoms with van der Waals surface area (Å²) in [6.45, 7) is 0.435. The molecule has 2 aromatic carbocycles. The average molecular weight is 250 g/mol. The summed E-state index contributed by atoms with van der Waals surface area (Å²) >= 11 is 5.22. The van der Waals surface area contributed by atoms with Crippen molar-refractivity contribution in [2.75, 3.05) is 7.11 Å². The Balaban J connectivity index is 2.28.